The maximum absolute atomic E-state index is 12.8. The summed E-state index contributed by atoms with van der Waals surface area (Å²) < 4.78 is 12.8. The maximum atomic E-state index is 12.8. The van der Waals surface area contributed by atoms with Gasteiger partial charge < -0.3 is 10.0 Å². The largest absolute Gasteiger partial charge is 0.480 e. The summed E-state index contributed by atoms with van der Waals surface area (Å²) in [5.74, 6) is -0.811. The molecule has 1 aromatic heterocycles. The van der Waals surface area contributed by atoms with Gasteiger partial charge in [-0.2, -0.15) is 0 Å². The summed E-state index contributed by atoms with van der Waals surface area (Å²) in [6, 6.07) is 3.02. The number of aromatic nitrogens is 1. The lowest BCUT2D eigenvalue weighted by molar-refractivity contribution is -0.142. The third kappa shape index (κ3) is 2.23. The van der Waals surface area contributed by atoms with Crippen LogP contribution in [0.4, 0.5) is 10.2 Å². The van der Waals surface area contributed by atoms with E-state index in [0.717, 1.165) is 19.0 Å². The van der Waals surface area contributed by atoms with Crippen molar-refractivity contribution in [3.63, 3.8) is 0 Å². The Labute approximate surface area is 99.1 Å². The number of anilines is 1. The molecule has 92 valence electrons. The summed E-state index contributed by atoms with van der Waals surface area (Å²) in [7, 11) is 0. The maximum Gasteiger partial charge on any atom is 0.329 e. The number of rotatable bonds is 4. The highest BCUT2D eigenvalue weighted by atomic mass is 19.1. The van der Waals surface area contributed by atoms with Crippen molar-refractivity contribution in [2.75, 3.05) is 4.90 Å². The number of pyridine rings is 1. The van der Waals surface area contributed by atoms with Crippen molar-refractivity contribution in [2.45, 2.75) is 38.3 Å². The van der Waals surface area contributed by atoms with Gasteiger partial charge in [0.25, 0.3) is 0 Å². The van der Waals surface area contributed by atoms with Gasteiger partial charge in [0.05, 0.1) is 6.20 Å². The zero-order chi connectivity index (χ0) is 12.6. The number of aliphatic carboxylic acids is 1. The zero-order valence-corrected chi connectivity index (χ0v) is 9.85. The molecule has 4 nitrogen and oxygen atoms in total. The molecular formula is C12H15FN2O2. The van der Waals surface area contributed by atoms with Crippen molar-refractivity contribution in [3.05, 3.63) is 24.1 Å². The summed E-state index contributed by atoms with van der Waals surface area (Å²) in [4.78, 5) is 17.0. The van der Waals surface area contributed by atoms with Crippen LogP contribution in [0.3, 0.4) is 0 Å². The first-order valence-corrected chi connectivity index (χ1v) is 5.57. The fraction of sp³-hybridized carbons (Fsp3) is 0.500. The molecule has 0 aliphatic heterocycles. The van der Waals surface area contributed by atoms with Crippen LogP contribution in [0.15, 0.2) is 18.3 Å². The van der Waals surface area contributed by atoms with E-state index in [1.54, 1.807) is 18.7 Å². The first-order valence-electron chi connectivity index (χ1n) is 5.57. The number of carbonyl (C=O) groups is 1. The molecule has 0 radical (unpaired) electrons. The Hall–Kier alpha value is -1.65. The lowest BCUT2D eigenvalue weighted by Gasteiger charge is -2.36. The molecule has 17 heavy (non-hydrogen) atoms. The summed E-state index contributed by atoms with van der Waals surface area (Å²) in [6.45, 7) is 3.28. The second-order valence-electron chi connectivity index (χ2n) is 4.80. The van der Waals surface area contributed by atoms with Gasteiger partial charge >= 0.3 is 5.97 Å². The first kappa shape index (κ1) is 11.8. The van der Waals surface area contributed by atoms with Gasteiger partial charge in [0.2, 0.25) is 0 Å². The van der Waals surface area contributed by atoms with Crippen LogP contribution in [0.25, 0.3) is 0 Å². The SMILES string of the molecule is CC(C)(C(=O)O)N(c1ccc(F)cn1)C1CC1. The summed E-state index contributed by atoms with van der Waals surface area (Å²) in [5, 5.41) is 9.26. The van der Waals surface area contributed by atoms with Crippen molar-refractivity contribution in [1.29, 1.82) is 0 Å². The van der Waals surface area contributed by atoms with Crippen molar-refractivity contribution in [2.24, 2.45) is 0 Å². The average molecular weight is 238 g/mol. The molecule has 1 N–H and O–H groups in total. The number of carboxylic acid groups (broad SMARTS) is 1. The number of nitrogens with zero attached hydrogens (tertiary/aromatic N) is 2. The topological polar surface area (TPSA) is 53.4 Å². The highest BCUT2D eigenvalue weighted by molar-refractivity contribution is 5.82. The second kappa shape index (κ2) is 3.98. The monoisotopic (exact) mass is 238 g/mol. The van der Waals surface area contributed by atoms with Gasteiger partial charge in [0.15, 0.2) is 0 Å². The van der Waals surface area contributed by atoms with Gasteiger partial charge in [-0.05, 0) is 38.8 Å². The van der Waals surface area contributed by atoms with Crippen molar-refractivity contribution in [3.8, 4) is 0 Å². The van der Waals surface area contributed by atoms with E-state index in [0.29, 0.717) is 5.82 Å². The predicted octanol–water partition coefficient (Wildman–Crippen LogP) is 2.05. The molecule has 1 heterocycles. The Morgan fingerprint density at radius 2 is 2.18 bits per heavy atom. The molecule has 0 spiro atoms. The summed E-state index contributed by atoms with van der Waals surface area (Å²) in [5.41, 5.74) is -1.04. The van der Waals surface area contributed by atoms with E-state index < -0.39 is 17.3 Å². The molecular weight excluding hydrogens is 223 g/mol. The number of halogens is 1. The van der Waals surface area contributed by atoms with Crippen molar-refractivity contribution < 1.29 is 14.3 Å². The van der Waals surface area contributed by atoms with E-state index in [1.165, 1.54) is 12.1 Å². The van der Waals surface area contributed by atoms with Crippen molar-refractivity contribution >= 4 is 11.8 Å². The molecule has 1 aromatic rings. The highest BCUT2D eigenvalue weighted by Crippen LogP contribution is 2.36. The van der Waals surface area contributed by atoms with E-state index in [1.807, 2.05) is 0 Å². The number of hydrogen-bond acceptors (Lipinski definition) is 3. The number of carboxylic acids is 1. The quantitative estimate of drug-likeness (QED) is 0.872. The highest BCUT2D eigenvalue weighted by Gasteiger charge is 2.43. The fourth-order valence-electron chi connectivity index (χ4n) is 1.88. The lowest BCUT2D eigenvalue weighted by atomic mass is 10.0. The average Bonchev–Trinajstić information content (AvgIpc) is 3.05. The van der Waals surface area contributed by atoms with Gasteiger partial charge in [0, 0.05) is 6.04 Å². The molecule has 0 amide bonds. The van der Waals surface area contributed by atoms with Gasteiger partial charge in [-0.15, -0.1) is 0 Å². The minimum atomic E-state index is -1.04. The molecule has 2 rings (SSSR count). The van der Waals surface area contributed by atoms with Crippen LogP contribution in [0.5, 0.6) is 0 Å². The van der Waals surface area contributed by atoms with E-state index >= 15 is 0 Å². The van der Waals surface area contributed by atoms with Crippen LogP contribution >= 0.6 is 0 Å². The molecule has 0 saturated heterocycles. The van der Waals surface area contributed by atoms with Crippen LogP contribution in [0, 0.1) is 5.82 Å². The third-order valence-corrected chi connectivity index (χ3v) is 3.00. The second-order valence-corrected chi connectivity index (χ2v) is 4.80. The molecule has 0 unspecified atom stereocenters. The van der Waals surface area contributed by atoms with Crippen molar-refractivity contribution in [1.82, 2.24) is 4.98 Å². The van der Waals surface area contributed by atoms with E-state index in [9.17, 15) is 14.3 Å². The van der Waals surface area contributed by atoms with Crippen LogP contribution in [0.2, 0.25) is 0 Å². The van der Waals surface area contributed by atoms with Crippen LogP contribution in [0.1, 0.15) is 26.7 Å². The van der Waals surface area contributed by atoms with E-state index in [4.69, 9.17) is 0 Å². The number of hydrogen-bond donors (Lipinski definition) is 1. The molecule has 1 aliphatic rings. The van der Waals surface area contributed by atoms with Gasteiger partial charge in [-0.25, -0.2) is 14.2 Å². The molecule has 0 bridgehead atoms. The van der Waals surface area contributed by atoms with E-state index in [-0.39, 0.29) is 6.04 Å². The minimum absolute atomic E-state index is 0.194. The third-order valence-electron chi connectivity index (χ3n) is 3.00. The molecule has 1 aliphatic carbocycles. The summed E-state index contributed by atoms with van der Waals surface area (Å²) in [6.07, 6.45) is 3.02. The Morgan fingerprint density at radius 3 is 2.59 bits per heavy atom. The summed E-state index contributed by atoms with van der Waals surface area (Å²) >= 11 is 0. The van der Waals surface area contributed by atoms with Gasteiger partial charge in [-0.1, -0.05) is 0 Å². The van der Waals surface area contributed by atoms with Crippen LogP contribution < -0.4 is 4.90 Å². The van der Waals surface area contributed by atoms with E-state index in [2.05, 4.69) is 4.98 Å². The molecule has 5 heteroatoms. The Kier molecular flexibility index (Phi) is 2.77. The van der Waals surface area contributed by atoms with Crippen LogP contribution in [-0.4, -0.2) is 27.6 Å². The zero-order valence-electron chi connectivity index (χ0n) is 9.85. The predicted molar refractivity (Wildman–Crippen MR) is 61.4 cm³/mol. The smallest absolute Gasteiger partial charge is 0.329 e. The van der Waals surface area contributed by atoms with Gasteiger partial charge in [-0.3, -0.25) is 0 Å². The van der Waals surface area contributed by atoms with Crippen LogP contribution in [-0.2, 0) is 4.79 Å². The minimum Gasteiger partial charge on any atom is -0.480 e. The lowest BCUT2D eigenvalue weighted by Crippen LogP contribution is -2.52. The first-order chi connectivity index (χ1) is 7.93. The Balaban J connectivity index is 2.35. The molecule has 0 aromatic carbocycles. The standard InChI is InChI=1S/C12H15FN2O2/c1-12(2,11(16)17)15(9-4-5-9)10-6-3-8(13)7-14-10/h3,6-7,9H,4-5H2,1-2H3,(H,16,17). The Bertz CT molecular complexity index is 427. The fourth-order valence-corrected chi connectivity index (χ4v) is 1.88. The molecule has 1 fully saturated rings. The van der Waals surface area contributed by atoms with Gasteiger partial charge in [0.1, 0.15) is 17.2 Å². The Morgan fingerprint density at radius 1 is 1.53 bits per heavy atom. The molecule has 1 saturated carbocycles. The normalized spacial score (nSPS) is 15.7. The molecule has 0 atom stereocenters.